The van der Waals surface area contributed by atoms with Gasteiger partial charge < -0.3 is 0 Å². The topological polar surface area (TPSA) is 24.7 Å². The Morgan fingerprint density at radius 3 is 2.54 bits per heavy atom. The molecule has 0 fully saturated rings. The van der Waals surface area contributed by atoms with E-state index < -0.39 is 5.92 Å². The molecule has 0 atom stereocenters. The van der Waals surface area contributed by atoms with Crippen LogP contribution < -0.4 is 0 Å². The van der Waals surface area contributed by atoms with Gasteiger partial charge in [-0.2, -0.15) is 0 Å². The van der Waals surface area contributed by atoms with Crippen LogP contribution in [0.5, 0.6) is 0 Å². The largest absolute Gasteiger partial charge is 0.293 e. The van der Waals surface area contributed by atoms with Gasteiger partial charge in [-0.1, -0.05) is 0 Å². The number of nitrogens with zero attached hydrogens (tertiary/aromatic N) is 2. The second kappa shape index (κ2) is 3.36. The van der Waals surface area contributed by atoms with Crippen molar-refractivity contribution in [2.24, 2.45) is 9.98 Å². The normalized spacial score (nSPS) is 22.3. The fraction of sp³-hybridized carbons (Fsp3) is 0.556. The van der Waals surface area contributed by atoms with Crippen LogP contribution in [0.15, 0.2) is 21.3 Å². The van der Waals surface area contributed by atoms with Crippen molar-refractivity contribution in [1.82, 2.24) is 0 Å². The number of aliphatic imine (C=N–C) groups is 2. The molecule has 0 aromatic rings. The Morgan fingerprint density at radius 1 is 1.46 bits per heavy atom. The molecule has 0 spiro atoms. The van der Waals surface area contributed by atoms with Gasteiger partial charge in [0.15, 0.2) is 0 Å². The fourth-order valence-electron chi connectivity index (χ4n) is 1.40. The maximum atomic E-state index is 12.9. The van der Waals surface area contributed by atoms with Crippen molar-refractivity contribution < 1.29 is 8.78 Å². The predicted octanol–water partition coefficient (Wildman–Crippen LogP) is 2.46. The number of hydrogen-bond donors (Lipinski definition) is 0. The van der Waals surface area contributed by atoms with Crippen LogP contribution in [0, 0.1) is 0 Å². The molecule has 0 unspecified atom stereocenters. The van der Waals surface area contributed by atoms with Crippen LogP contribution in [0.3, 0.4) is 0 Å². The zero-order valence-electron chi connectivity index (χ0n) is 7.77. The summed E-state index contributed by atoms with van der Waals surface area (Å²) in [4.78, 5) is 7.47. The molecule has 72 valence electrons. The summed E-state index contributed by atoms with van der Waals surface area (Å²) < 4.78 is 25.9. The maximum absolute atomic E-state index is 12.9. The van der Waals surface area contributed by atoms with Gasteiger partial charge in [-0.3, -0.25) is 9.98 Å². The lowest BCUT2D eigenvalue weighted by molar-refractivity contribution is 0.0131. The molecule has 2 nitrogen and oxygen atoms in total. The van der Waals surface area contributed by atoms with Gasteiger partial charge in [0.2, 0.25) is 0 Å². The lowest BCUT2D eigenvalue weighted by atomic mass is 10.1. The summed E-state index contributed by atoms with van der Waals surface area (Å²) in [6, 6.07) is 0. The van der Waals surface area contributed by atoms with Crippen LogP contribution in [0.1, 0.15) is 19.8 Å². The van der Waals surface area contributed by atoms with E-state index >= 15 is 0 Å². The van der Waals surface area contributed by atoms with E-state index in [2.05, 4.69) is 16.7 Å². The van der Waals surface area contributed by atoms with Crippen LogP contribution in [0.4, 0.5) is 8.78 Å². The van der Waals surface area contributed by atoms with Crippen LogP contribution in [0.25, 0.3) is 0 Å². The first-order valence-electron chi connectivity index (χ1n) is 4.00. The fourth-order valence-corrected chi connectivity index (χ4v) is 1.40. The molecule has 13 heavy (non-hydrogen) atoms. The van der Waals surface area contributed by atoms with Gasteiger partial charge in [-0.05, 0) is 13.6 Å². The Balaban J connectivity index is 3.00. The van der Waals surface area contributed by atoms with E-state index in [0.717, 1.165) is 0 Å². The molecule has 0 heterocycles. The third-order valence-corrected chi connectivity index (χ3v) is 2.17. The summed E-state index contributed by atoms with van der Waals surface area (Å²) >= 11 is 0. The molecule has 0 aliphatic heterocycles. The molecule has 0 aromatic carbocycles. The Hall–Kier alpha value is -1.06. The molecule has 1 aliphatic carbocycles. The van der Waals surface area contributed by atoms with Crippen LogP contribution in [-0.2, 0) is 0 Å². The highest BCUT2D eigenvalue weighted by atomic mass is 19.3. The second-order valence-electron chi connectivity index (χ2n) is 3.10. The zero-order chi connectivity index (χ0) is 10.1. The van der Waals surface area contributed by atoms with Crippen molar-refractivity contribution in [3.63, 3.8) is 0 Å². The Morgan fingerprint density at radius 2 is 2.08 bits per heavy atom. The molecule has 0 radical (unpaired) electrons. The summed E-state index contributed by atoms with van der Waals surface area (Å²) in [5.74, 6) is -2.67. The Bertz CT molecular complexity index is 290. The minimum atomic E-state index is -2.67. The average molecular weight is 186 g/mol. The molecule has 4 heteroatoms. The first-order valence-corrected chi connectivity index (χ1v) is 4.00. The van der Waals surface area contributed by atoms with Crippen LogP contribution >= 0.6 is 0 Å². The molecule has 1 rings (SSSR count). The zero-order valence-corrected chi connectivity index (χ0v) is 7.77. The van der Waals surface area contributed by atoms with Gasteiger partial charge >= 0.3 is 0 Å². The maximum Gasteiger partial charge on any atom is 0.257 e. The Kier molecular flexibility index (Phi) is 2.59. The molecule has 0 aromatic heterocycles. The number of halogens is 2. The quantitative estimate of drug-likeness (QED) is 0.592. The number of allylic oxidation sites excluding steroid dienone is 2. The summed E-state index contributed by atoms with van der Waals surface area (Å²) in [6.07, 6.45) is -0.566. The van der Waals surface area contributed by atoms with Gasteiger partial charge in [0.1, 0.15) is 0 Å². The van der Waals surface area contributed by atoms with Crippen molar-refractivity contribution in [1.29, 1.82) is 0 Å². The predicted molar refractivity (Wildman–Crippen MR) is 49.8 cm³/mol. The molecular formula is C9H12F2N2. The van der Waals surface area contributed by atoms with Crippen molar-refractivity contribution in [2.45, 2.75) is 25.7 Å². The average Bonchev–Trinajstić information content (AvgIpc) is 2.39. The van der Waals surface area contributed by atoms with E-state index in [1.807, 2.05) is 0 Å². The summed E-state index contributed by atoms with van der Waals surface area (Å²) in [5, 5.41) is 0. The first kappa shape index (κ1) is 10.0. The van der Waals surface area contributed by atoms with Crippen molar-refractivity contribution in [3.8, 4) is 0 Å². The van der Waals surface area contributed by atoms with Crippen LogP contribution in [-0.4, -0.2) is 25.4 Å². The van der Waals surface area contributed by atoms with Gasteiger partial charge in [-0.25, -0.2) is 8.78 Å². The number of hydrogen-bond acceptors (Lipinski definition) is 2. The van der Waals surface area contributed by atoms with Gasteiger partial charge in [0.05, 0.1) is 12.1 Å². The molecule has 0 bridgehead atoms. The lowest BCUT2D eigenvalue weighted by Crippen LogP contribution is -2.11. The summed E-state index contributed by atoms with van der Waals surface area (Å²) in [7, 11) is 1.58. The van der Waals surface area contributed by atoms with Crippen molar-refractivity contribution in [2.75, 3.05) is 7.05 Å². The molecule has 0 N–H and O–H groups in total. The van der Waals surface area contributed by atoms with E-state index in [9.17, 15) is 8.78 Å². The SMILES string of the molecule is C=NC1=C(C(C)=NC)CC(F)(F)C1. The van der Waals surface area contributed by atoms with Gasteiger partial charge in [-0.15, -0.1) is 0 Å². The third kappa shape index (κ3) is 1.99. The highest BCUT2D eigenvalue weighted by Crippen LogP contribution is 2.40. The summed E-state index contributed by atoms with van der Waals surface area (Å²) in [5.41, 5.74) is 1.55. The highest BCUT2D eigenvalue weighted by Gasteiger charge is 2.39. The molecule has 0 saturated carbocycles. The van der Waals surface area contributed by atoms with Crippen molar-refractivity contribution in [3.05, 3.63) is 11.3 Å². The second-order valence-corrected chi connectivity index (χ2v) is 3.10. The Labute approximate surface area is 76.1 Å². The van der Waals surface area contributed by atoms with Gasteiger partial charge in [0.25, 0.3) is 5.92 Å². The van der Waals surface area contributed by atoms with E-state index in [1.165, 1.54) is 0 Å². The number of rotatable bonds is 2. The minimum Gasteiger partial charge on any atom is -0.293 e. The third-order valence-electron chi connectivity index (χ3n) is 2.17. The van der Waals surface area contributed by atoms with E-state index in [-0.39, 0.29) is 12.8 Å². The minimum absolute atomic E-state index is 0.259. The molecular weight excluding hydrogens is 174 g/mol. The monoisotopic (exact) mass is 186 g/mol. The van der Waals surface area contributed by atoms with E-state index in [0.29, 0.717) is 17.0 Å². The van der Waals surface area contributed by atoms with Gasteiger partial charge in [0, 0.05) is 24.8 Å². The molecule has 0 saturated heterocycles. The lowest BCUT2D eigenvalue weighted by Gasteiger charge is -2.06. The van der Waals surface area contributed by atoms with Crippen molar-refractivity contribution >= 4 is 12.4 Å². The summed E-state index contributed by atoms with van der Waals surface area (Å²) in [6.45, 7) is 4.99. The van der Waals surface area contributed by atoms with E-state index in [4.69, 9.17) is 0 Å². The highest BCUT2D eigenvalue weighted by molar-refractivity contribution is 5.99. The molecule has 0 amide bonds. The van der Waals surface area contributed by atoms with Crippen LogP contribution in [0.2, 0.25) is 0 Å². The van der Waals surface area contributed by atoms with E-state index in [1.54, 1.807) is 14.0 Å². The number of alkyl halides is 2. The standard InChI is InChI=1S/C9H12F2N2/c1-6(12-2)7-4-9(10,11)5-8(7)13-3/h3-5H2,1-2H3. The molecule has 1 aliphatic rings. The first-order chi connectivity index (χ1) is 6.00. The smallest absolute Gasteiger partial charge is 0.257 e.